The lowest BCUT2D eigenvalue weighted by molar-refractivity contribution is -0.0499. The zero-order valence-electron chi connectivity index (χ0n) is 14.2. The Kier molecular flexibility index (Phi) is 6.30. The van der Waals surface area contributed by atoms with Crippen molar-refractivity contribution in [2.45, 2.75) is 26.1 Å². The monoisotopic (exact) mass is 347 g/mol. The normalized spacial score (nSPS) is 16.8. The zero-order chi connectivity index (χ0) is 17.5. The van der Waals surface area contributed by atoms with Gasteiger partial charge in [-0.15, -0.1) is 0 Å². The molecule has 0 bridgehead atoms. The Morgan fingerprint density at radius 1 is 0.920 bits per heavy atom. The van der Waals surface area contributed by atoms with Gasteiger partial charge in [-0.3, -0.25) is 14.8 Å². The first-order valence-electron chi connectivity index (χ1n) is 8.56. The van der Waals surface area contributed by atoms with Crippen molar-refractivity contribution >= 4 is 0 Å². The highest BCUT2D eigenvalue weighted by Gasteiger charge is 2.15. The Bertz CT molecular complexity index is 654. The van der Waals surface area contributed by atoms with Gasteiger partial charge in [0.15, 0.2) is 0 Å². The van der Waals surface area contributed by atoms with Crippen LogP contribution < -0.4 is 4.74 Å². The van der Waals surface area contributed by atoms with Gasteiger partial charge in [0, 0.05) is 38.6 Å². The second-order valence-corrected chi connectivity index (χ2v) is 6.29. The highest BCUT2D eigenvalue weighted by Crippen LogP contribution is 2.18. The molecular formula is C19H23F2N3O. The molecule has 3 rings (SSSR count). The number of nitrogens with zero attached hydrogens (tertiary/aromatic N) is 3. The molecule has 1 fully saturated rings. The summed E-state index contributed by atoms with van der Waals surface area (Å²) in [6, 6.07) is 11.1. The maximum Gasteiger partial charge on any atom is 0.387 e. The minimum Gasteiger partial charge on any atom is -0.435 e. The van der Waals surface area contributed by atoms with E-state index in [1.807, 2.05) is 18.5 Å². The third-order valence-corrected chi connectivity index (χ3v) is 4.37. The fourth-order valence-electron chi connectivity index (χ4n) is 3.17. The standard InChI is InChI=1S/C19H23F2N3O/c20-19(21)25-18-4-1-3-17(13-18)15-24-10-2-9-23(11-12-24)14-16-5-7-22-8-6-16/h1,3-8,13,19H,2,9-12,14-15H2. The molecule has 0 radical (unpaired) electrons. The average molecular weight is 347 g/mol. The lowest BCUT2D eigenvalue weighted by Gasteiger charge is -2.22. The van der Waals surface area contributed by atoms with Crippen molar-refractivity contribution in [3.63, 3.8) is 0 Å². The zero-order valence-corrected chi connectivity index (χ0v) is 14.2. The molecule has 0 saturated carbocycles. The highest BCUT2D eigenvalue weighted by atomic mass is 19.3. The maximum atomic E-state index is 12.3. The Labute approximate surface area is 147 Å². The lowest BCUT2D eigenvalue weighted by Crippen LogP contribution is -2.30. The molecule has 1 aromatic heterocycles. The summed E-state index contributed by atoms with van der Waals surface area (Å²) in [5, 5.41) is 0. The van der Waals surface area contributed by atoms with Gasteiger partial charge in [-0.2, -0.15) is 8.78 Å². The van der Waals surface area contributed by atoms with Crippen LogP contribution in [0.1, 0.15) is 17.5 Å². The number of hydrogen-bond donors (Lipinski definition) is 0. The van der Waals surface area contributed by atoms with Gasteiger partial charge in [0.05, 0.1) is 0 Å². The summed E-state index contributed by atoms with van der Waals surface area (Å²) in [7, 11) is 0. The Morgan fingerprint density at radius 2 is 1.60 bits per heavy atom. The predicted molar refractivity (Wildman–Crippen MR) is 92.5 cm³/mol. The average Bonchev–Trinajstić information content (AvgIpc) is 2.81. The molecular weight excluding hydrogens is 324 g/mol. The first-order valence-corrected chi connectivity index (χ1v) is 8.56. The SMILES string of the molecule is FC(F)Oc1cccc(CN2CCCN(Cc3ccncc3)CC2)c1. The van der Waals surface area contributed by atoms with Gasteiger partial charge >= 0.3 is 6.61 Å². The number of pyridine rings is 1. The van der Waals surface area contributed by atoms with Gasteiger partial charge in [-0.1, -0.05) is 12.1 Å². The minimum absolute atomic E-state index is 0.224. The molecule has 0 aliphatic carbocycles. The summed E-state index contributed by atoms with van der Waals surface area (Å²) in [5.41, 5.74) is 2.28. The molecule has 0 spiro atoms. The molecule has 2 heterocycles. The summed E-state index contributed by atoms with van der Waals surface area (Å²) in [6.45, 7) is 2.94. The quantitative estimate of drug-likeness (QED) is 0.801. The van der Waals surface area contributed by atoms with Crippen LogP contribution in [0.15, 0.2) is 48.8 Å². The van der Waals surface area contributed by atoms with Crippen molar-refractivity contribution in [3.8, 4) is 5.75 Å². The van der Waals surface area contributed by atoms with Gasteiger partial charge < -0.3 is 4.74 Å². The first-order chi connectivity index (χ1) is 12.2. The number of rotatable bonds is 6. The van der Waals surface area contributed by atoms with Crippen molar-refractivity contribution in [1.29, 1.82) is 0 Å². The van der Waals surface area contributed by atoms with Crippen molar-refractivity contribution in [3.05, 3.63) is 59.9 Å². The summed E-state index contributed by atoms with van der Waals surface area (Å²) in [5.74, 6) is 0.224. The van der Waals surface area contributed by atoms with E-state index in [4.69, 9.17) is 0 Å². The number of ether oxygens (including phenoxy) is 1. The molecule has 1 aromatic carbocycles. The van der Waals surface area contributed by atoms with Gasteiger partial charge in [0.2, 0.25) is 0 Å². The van der Waals surface area contributed by atoms with E-state index in [-0.39, 0.29) is 5.75 Å². The van der Waals surface area contributed by atoms with Crippen LogP contribution in [0.25, 0.3) is 0 Å². The summed E-state index contributed by atoms with van der Waals surface area (Å²) < 4.78 is 29.2. The number of hydrogen-bond acceptors (Lipinski definition) is 4. The van der Waals surface area contributed by atoms with Crippen LogP contribution in [0.4, 0.5) is 8.78 Å². The van der Waals surface area contributed by atoms with Crippen LogP contribution >= 0.6 is 0 Å². The molecule has 1 aliphatic rings. The third-order valence-electron chi connectivity index (χ3n) is 4.37. The molecule has 0 amide bonds. The molecule has 0 unspecified atom stereocenters. The predicted octanol–water partition coefficient (Wildman–Crippen LogP) is 3.39. The summed E-state index contributed by atoms with van der Waals surface area (Å²) >= 11 is 0. The van der Waals surface area contributed by atoms with E-state index < -0.39 is 6.61 Å². The second-order valence-electron chi connectivity index (χ2n) is 6.29. The van der Waals surface area contributed by atoms with Gasteiger partial charge in [-0.25, -0.2) is 0 Å². The Balaban J connectivity index is 1.53. The van der Waals surface area contributed by atoms with E-state index in [9.17, 15) is 8.78 Å². The van der Waals surface area contributed by atoms with Gasteiger partial charge in [-0.05, 0) is 54.9 Å². The molecule has 1 saturated heterocycles. The molecule has 4 nitrogen and oxygen atoms in total. The van der Waals surface area contributed by atoms with Crippen LogP contribution in [0, 0.1) is 0 Å². The summed E-state index contributed by atoms with van der Waals surface area (Å²) in [4.78, 5) is 8.88. The second kappa shape index (κ2) is 8.87. The third kappa shape index (κ3) is 5.76. The van der Waals surface area contributed by atoms with E-state index in [0.29, 0.717) is 0 Å². The number of aromatic nitrogens is 1. The minimum atomic E-state index is -2.78. The smallest absolute Gasteiger partial charge is 0.387 e. The summed E-state index contributed by atoms with van der Waals surface area (Å²) in [6.07, 6.45) is 4.75. The van der Waals surface area contributed by atoms with E-state index in [2.05, 4.69) is 31.7 Å². The molecule has 25 heavy (non-hydrogen) atoms. The fraction of sp³-hybridized carbons (Fsp3) is 0.421. The Morgan fingerprint density at radius 3 is 2.28 bits per heavy atom. The van der Waals surface area contributed by atoms with E-state index in [1.54, 1.807) is 18.2 Å². The van der Waals surface area contributed by atoms with Crippen molar-refractivity contribution in [2.75, 3.05) is 26.2 Å². The number of halogens is 2. The number of benzene rings is 1. The number of alkyl halides is 2. The highest BCUT2D eigenvalue weighted by molar-refractivity contribution is 5.28. The maximum absolute atomic E-state index is 12.3. The molecule has 0 N–H and O–H groups in total. The van der Waals surface area contributed by atoms with Crippen molar-refractivity contribution < 1.29 is 13.5 Å². The Hall–Kier alpha value is -2.05. The van der Waals surface area contributed by atoms with Crippen molar-refractivity contribution in [1.82, 2.24) is 14.8 Å². The van der Waals surface area contributed by atoms with Gasteiger partial charge in [0.1, 0.15) is 5.75 Å². The van der Waals surface area contributed by atoms with Crippen LogP contribution in [-0.2, 0) is 13.1 Å². The molecule has 1 aliphatic heterocycles. The van der Waals surface area contributed by atoms with Gasteiger partial charge in [0.25, 0.3) is 0 Å². The molecule has 6 heteroatoms. The molecule has 134 valence electrons. The topological polar surface area (TPSA) is 28.6 Å². The first kappa shape index (κ1) is 17.8. The lowest BCUT2D eigenvalue weighted by atomic mass is 10.2. The molecule has 2 aromatic rings. The van der Waals surface area contributed by atoms with Crippen molar-refractivity contribution in [2.24, 2.45) is 0 Å². The van der Waals surface area contributed by atoms with E-state index in [0.717, 1.165) is 51.3 Å². The van der Waals surface area contributed by atoms with Crippen LogP contribution in [-0.4, -0.2) is 47.6 Å². The van der Waals surface area contributed by atoms with Crippen LogP contribution in [0.3, 0.4) is 0 Å². The molecule has 0 atom stereocenters. The fourth-order valence-corrected chi connectivity index (χ4v) is 3.17. The van der Waals surface area contributed by atoms with E-state index in [1.165, 1.54) is 5.56 Å². The van der Waals surface area contributed by atoms with Crippen LogP contribution in [0.5, 0.6) is 5.75 Å². The van der Waals surface area contributed by atoms with Crippen LogP contribution in [0.2, 0.25) is 0 Å². The largest absolute Gasteiger partial charge is 0.435 e. The van der Waals surface area contributed by atoms with E-state index >= 15 is 0 Å².